The number of ketones is 2. The maximum atomic E-state index is 13.3. The van der Waals surface area contributed by atoms with Gasteiger partial charge in [-0.05, 0) is 70.1 Å². The van der Waals surface area contributed by atoms with Gasteiger partial charge in [-0.1, -0.05) is 96.8 Å². The first-order valence-corrected chi connectivity index (χ1v) is 47.6. The Balaban J connectivity index is 1.82. The van der Waals surface area contributed by atoms with Crippen molar-refractivity contribution < 1.29 is 163 Å². The van der Waals surface area contributed by atoms with Crippen LogP contribution in [0.3, 0.4) is 0 Å². The Morgan fingerprint density at radius 1 is 0.260 bits per heavy atom. The van der Waals surface area contributed by atoms with Gasteiger partial charge in [0.15, 0.2) is 5.78 Å². The molecule has 0 aromatic carbocycles. The van der Waals surface area contributed by atoms with Crippen LogP contribution in [0, 0.1) is 17.8 Å². The van der Waals surface area contributed by atoms with E-state index in [0.29, 0.717) is 330 Å². The lowest BCUT2D eigenvalue weighted by molar-refractivity contribution is -0.145. The third-order valence-corrected chi connectivity index (χ3v) is 19.9. The molecule has 36 heteroatoms. The van der Waals surface area contributed by atoms with E-state index in [1.807, 2.05) is 0 Å². The number of carboxylic acid groups (broad SMARTS) is 3. The smallest absolute Gasteiger partial charge is 0.306 e. The molecule has 0 aromatic heterocycles. The van der Waals surface area contributed by atoms with Gasteiger partial charge in [-0.3, -0.25) is 33.6 Å². The number of ether oxygens (including phenoxy) is 24. The summed E-state index contributed by atoms with van der Waals surface area (Å²) in [5.41, 5.74) is 0. The van der Waals surface area contributed by atoms with E-state index >= 15 is 0 Å². The molecule has 0 radical (unpaired) electrons. The van der Waals surface area contributed by atoms with Crippen molar-refractivity contribution in [2.75, 3.05) is 324 Å². The second kappa shape index (κ2) is 99.2. The first-order chi connectivity index (χ1) is 62.4. The molecule has 0 heterocycles. The molecule has 1 saturated carbocycles. The number of hydrogen-bond donors (Lipinski definition) is 5. The van der Waals surface area contributed by atoms with Crippen molar-refractivity contribution in [3.05, 3.63) is 0 Å². The largest absolute Gasteiger partial charge is 0.481 e. The zero-order valence-electron chi connectivity index (χ0n) is 77.7. The van der Waals surface area contributed by atoms with Crippen LogP contribution in [0.2, 0.25) is 0 Å². The highest BCUT2D eigenvalue weighted by Crippen LogP contribution is 2.31. The van der Waals surface area contributed by atoms with Gasteiger partial charge < -0.3 is 140 Å². The molecule has 1 aliphatic carbocycles. The normalized spacial score (nSPS) is 14.0. The fourth-order valence-electron chi connectivity index (χ4n) is 12.8. The monoisotopic (exact) mass is 1840 g/mol. The van der Waals surface area contributed by atoms with Crippen molar-refractivity contribution in [3.63, 3.8) is 0 Å². The summed E-state index contributed by atoms with van der Waals surface area (Å²) < 4.78 is 133. The first-order valence-electron chi connectivity index (χ1n) is 47.6. The van der Waals surface area contributed by atoms with Crippen LogP contribution >= 0.6 is 0 Å². The van der Waals surface area contributed by atoms with E-state index in [9.17, 15) is 43.8 Å². The van der Waals surface area contributed by atoms with Crippen LogP contribution < -0.4 is 10.6 Å². The van der Waals surface area contributed by atoms with Crippen LogP contribution in [0.25, 0.3) is 0 Å². The van der Waals surface area contributed by atoms with Gasteiger partial charge in [-0.2, -0.15) is 0 Å². The third-order valence-electron chi connectivity index (χ3n) is 19.9. The topological polar surface area (TPSA) is 426 Å². The van der Waals surface area contributed by atoms with E-state index in [2.05, 4.69) is 17.6 Å². The maximum Gasteiger partial charge on any atom is 0.306 e. The summed E-state index contributed by atoms with van der Waals surface area (Å²) in [6.07, 6.45) is 22.3. The Morgan fingerprint density at radius 2 is 0.504 bits per heavy atom. The van der Waals surface area contributed by atoms with Gasteiger partial charge >= 0.3 is 17.9 Å². The quantitative estimate of drug-likeness (QED) is 0.0354. The van der Waals surface area contributed by atoms with Crippen LogP contribution in [0.4, 0.5) is 0 Å². The minimum atomic E-state index is -1.19. The number of carboxylic acids is 3. The molecule has 0 unspecified atom stereocenters. The van der Waals surface area contributed by atoms with Gasteiger partial charge in [0.05, 0.1) is 316 Å². The molecule has 1 rings (SSSR count). The number of rotatable bonds is 108. The van der Waals surface area contributed by atoms with Crippen molar-refractivity contribution >= 4 is 41.3 Å². The molecule has 127 heavy (non-hydrogen) atoms. The molecular weight excluding hydrogens is 1660 g/mol. The third kappa shape index (κ3) is 92.0. The molecule has 2 amide bonds. The summed E-state index contributed by atoms with van der Waals surface area (Å²) in [6, 6.07) is -1.07. The van der Waals surface area contributed by atoms with Crippen molar-refractivity contribution in [1.82, 2.24) is 10.6 Å². The molecule has 0 aliphatic heterocycles. The number of amides is 2. The fraction of sp³-hybridized carbons (Fsp3) is 0.923. The predicted molar refractivity (Wildman–Crippen MR) is 472 cm³/mol. The Bertz CT molecular complexity index is 2410. The van der Waals surface area contributed by atoms with E-state index in [0.717, 1.165) is 64.4 Å². The molecule has 1 fully saturated rings. The summed E-state index contributed by atoms with van der Waals surface area (Å²) in [5.74, 6) is -5.19. The van der Waals surface area contributed by atoms with Crippen molar-refractivity contribution in [2.24, 2.45) is 17.8 Å². The van der Waals surface area contributed by atoms with Crippen LogP contribution in [0.5, 0.6) is 0 Å². The van der Waals surface area contributed by atoms with E-state index < -0.39 is 35.8 Å². The fourth-order valence-corrected chi connectivity index (χ4v) is 12.8. The van der Waals surface area contributed by atoms with Crippen molar-refractivity contribution in [2.45, 2.75) is 206 Å². The highest BCUT2D eigenvalue weighted by atomic mass is 16.6. The Labute approximate surface area is 758 Å². The molecular formula is C91H170N2O34. The molecule has 2 atom stereocenters. The van der Waals surface area contributed by atoms with Crippen LogP contribution in [0.15, 0.2) is 0 Å². The molecule has 36 nitrogen and oxygen atoms in total. The standard InChI is InChI=1S/C91H170N2O34/c1-2-31-104-33-35-106-37-39-108-41-43-110-45-47-112-49-51-114-53-55-116-57-59-118-61-63-120-65-67-122-69-71-124-73-75-126-77-78-127-76-74-125-72-70-123-68-66-121-64-62-119-60-58-117-56-54-115-52-50-113-48-46-111-44-42-109-40-38-107-36-34-105-32-19-20-85(94)84(28-30-90(100)101)93-88(97)29-27-83(91(102)103)79-86(95)82-25-23-81(24-26-82)80-92-87(96)21-17-15-13-11-9-7-5-3-4-6-8-10-12-14-16-18-22-89(98)99/h81-84H,2-80H2,1H3,(H,92,96)(H,93,97)(H,98,99)(H,100,101)(H,102,103)/t81-,82-,83-,84+/m1/s1. The van der Waals surface area contributed by atoms with Crippen molar-refractivity contribution in [1.29, 1.82) is 0 Å². The van der Waals surface area contributed by atoms with Crippen LogP contribution in [-0.4, -0.2) is 386 Å². The van der Waals surface area contributed by atoms with Gasteiger partial charge in [0.2, 0.25) is 11.8 Å². The second-order valence-corrected chi connectivity index (χ2v) is 30.6. The zero-order valence-corrected chi connectivity index (χ0v) is 77.7. The number of aliphatic carboxylic acids is 3. The van der Waals surface area contributed by atoms with Crippen LogP contribution in [-0.2, 0) is 147 Å². The number of carbonyl (C=O) groups excluding carboxylic acids is 4. The highest BCUT2D eigenvalue weighted by molar-refractivity contribution is 5.90. The number of nitrogens with one attached hydrogen (secondary N) is 2. The summed E-state index contributed by atoms with van der Waals surface area (Å²) in [4.78, 5) is 86.4. The Hall–Kier alpha value is -4.27. The van der Waals surface area contributed by atoms with Gasteiger partial charge in [0.1, 0.15) is 5.78 Å². The summed E-state index contributed by atoms with van der Waals surface area (Å²) >= 11 is 0. The molecule has 5 N–H and O–H groups in total. The summed E-state index contributed by atoms with van der Waals surface area (Å²) in [7, 11) is 0. The molecule has 748 valence electrons. The lowest BCUT2D eigenvalue weighted by Gasteiger charge is -2.28. The Morgan fingerprint density at radius 3 is 0.756 bits per heavy atom. The van der Waals surface area contributed by atoms with Gasteiger partial charge in [-0.25, -0.2) is 0 Å². The number of Topliss-reactive ketones (excluding diaryl/α,β-unsaturated/α-hetero) is 2. The minimum absolute atomic E-state index is 0.0272. The number of hydrogen-bond acceptors (Lipinski definition) is 31. The van der Waals surface area contributed by atoms with Crippen molar-refractivity contribution in [3.8, 4) is 0 Å². The van der Waals surface area contributed by atoms with Crippen LogP contribution in [0.1, 0.15) is 200 Å². The zero-order chi connectivity index (χ0) is 91.6. The average Bonchev–Trinajstić information content (AvgIpc) is 0.867. The van der Waals surface area contributed by atoms with Gasteiger partial charge in [0.25, 0.3) is 0 Å². The lowest BCUT2D eigenvalue weighted by Crippen LogP contribution is -2.41. The first kappa shape index (κ1) is 121. The van der Waals surface area contributed by atoms with Gasteiger partial charge in [-0.15, -0.1) is 0 Å². The molecule has 1 aliphatic rings. The molecule has 0 saturated heterocycles. The predicted octanol–water partition coefficient (Wildman–Crippen LogP) is 8.96. The molecule has 0 bridgehead atoms. The van der Waals surface area contributed by atoms with E-state index in [-0.39, 0.29) is 87.5 Å². The molecule has 0 spiro atoms. The van der Waals surface area contributed by atoms with Gasteiger partial charge in [0, 0.05) is 64.2 Å². The second-order valence-electron chi connectivity index (χ2n) is 30.6. The van der Waals surface area contributed by atoms with E-state index in [4.69, 9.17) is 119 Å². The van der Waals surface area contributed by atoms with E-state index in [1.54, 1.807) is 0 Å². The SMILES string of the molecule is CCCOCCOCCOCCOCCOCCOCCOCCOCCOCCOCCOCCOCCOCCOCCOCCOCCOCCOCCOCCOCCOCCOCCOCCOCCCC(=O)[C@H](CCC(=O)O)NC(=O)CC[C@H](CC(=O)[C@H]1CC[C@H](CNC(=O)CCCCCCCCCCCCCCCCCCC(=O)O)CC1)C(=O)O. The summed E-state index contributed by atoms with van der Waals surface area (Å²) in [5, 5.41) is 33.7. The van der Waals surface area contributed by atoms with E-state index in [1.165, 1.54) is 64.2 Å². The average molecular weight is 1840 g/mol. The lowest BCUT2D eigenvalue weighted by atomic mass is 9.78. The Kier molecular flexibility index (Phi) is 94.3. The summed E-state index contributed by atoms with van der Waals surface area (Å²) in [6.45, 7) is 24.8. The number of unbranched alkanes of at least 4 members (excludes halogenated alkanes) is 15. The molecule has 0 aromatic rings. The maximum absolute atomic E-state index is 13.3. The highest BCUT2D eigenvalue weighted by Gasteiger charge is 2.31. The number of carbonyl (C=O) groups is 7. The minimum Gasteiger partial charge on any atom is -0.481 e.